The molecule has 3 aromatic rings. The van der Waals surface area contributed by atoms with Gasteiger partial charge in [0.1, 0.15) is 5.56 Å². The monoisotopic (exact) mass is 471 g/mol. The average Bonchev–Trinajstić information content (AvgIpc) is 3.09. The van der Waals surface area contributed by atoms with Crippen molar-refractivity contribution < 1.29 is 31.4 Å². The Hall–Kier alpha value is -2.83. The van der Waals surface area contributed by atoms with Crippen LogP contribution in [-0.4, -0.2) is 26.4 Å². The van der Waals surface area contributed by atoms with Gasteiger partial charge >= 0.3 is 6.18 Å². The number of halogens is 3. The van der Waals surface area contributed by atoms with Crippen molar-refractivity contribution >= 4 is 32.4 Å². The Morgan fingerprint density at radius 1 is 1.23 bits per heavy atom. The summed E-state index contributed by atoms with van der Waals surface area (Å²) in [7, 11) is -2.49. The second-order valence-corrected chi connectivity index (χ2v) is 9.43. The number of primary sulfonamides is 1. The zero-order valence-corrected chi connectivity index (χ0v) is 18.0. The zero-order chi connectivity index (χ0) is 23.0. The normalized spacial score (nSPS) is 12.1. The molecule has 31 heavy (non-hydrogen) atoms. The standard InChI is InChI=1S/C19H17F3N4O3S2/c1-11-17(31(23,28)29)30-18(25-11)26(2)15(27)10-12-5-7-13(8-6-12)16-14(19(20,21)22)4-3-9-24-16/h3-9H,10H2,1-2H3,(H2,23,28,29)/p+1. The van der Waals surface area contributed by atoms with Gasteiger partial charge in [-0.1, -0.05) is 23.5 Å². The molecule has 1 aromatic carbocycles. The number of aromatic nitrogens is 2. The van der Waals surface area contributed by atoms with Gasteiger partial charge in [-0.05, 0) is 30.7 Å². The number of carbonyl (C=O) groups is 1. The van der Waals surface area contributed by atoms with E-state index in [2.05, 4.69) is 9.97 Å². The number of anilines is 1. The number of alkyl halides is 3. The lowest BCUT2D eigenvalue weighted by molar-refractivity contribution is -0.367. The maximum atomic E-state index is 13.2. The number of likely N-dealkylation sites (N-methyl/N-ethyl adjacent to an activating group) is 1. The summed E-state index contributed by atoms with van der Waals surface area (Å²) < 4.78 is 62.7. The van der Waals surface area contributed by atoms with Gasteiger partial charge in [0.2, 0.25) is 21.6 Å². The van der Waals surface area contributed by atoms with E-state index in [0.717, 1.165) is 17.4 Å². The maximum absolute atomic E-state index is 13.2. The summed E-state index contributed by atoms with van der Waals surface area (Å²) in [4.78, 5) is 20.5. The van der Waals surface area contributed by atoms with Crippen molar-refractivity contribution in [3.8, 4) is 11.3 Å². The van der Waals surface area contributed by atoms with E-state index in [-0.39, 0.29) is 33.1 Å². The van der Waals surface area contributed by atoms with Crippen LogP contribution >= 0.6 is 11.3 Å². The summed E-state index contributed by atoms with van der Waals surface area (Å²) in [6.07, 6.45) is -3.15. The number of benzene rings is 1. The number of aryl methyl sites for hydroxylation is 1. The second kappa shape index (κ2) is 8.36. The van der Waals surface area contributed by atoms with Crippen LogP contribution in [0.4, 0.5) is 18.3 Å². The predicted octanol–water partition coefficient (Wildman–Crippen LogP) is 2.80. The Morgan fingerprint density at radius 3 is 2.42 bits per heavy atom. The van der Waals surface area contributed by atoms with Gasteiger partial charge in [-0.25, -0.2) is 23.5 Å². The zero-order valence-electron chi connectivity index (χ0n) is 16.4. The lowest BCUT2D eigenvalue weighted by atomic mass is 10.0. The number of amides is 1. The summed E-state index contributed by atoms with van der Waals surface area (Å²) in [5.74, 6) is -0.371. The van der Waals surface area contributed by atoms with E-state index in [4.69, 9.17) is 5.14 Å². The Bertz CT molecular complexity index is 1220. The Kier molecular flexibility index (Phi) is 6.16. The molecule has 3 N–H and O–H groups in total. The lowest BCUT2D eigenvalue weighted by Gasteiger charge is -2.14. The van der Waals surface area contributed by atoms with Crippen molar-refractivity contribution in [3.05, 3.63) is 59.4 Å². The number of carbonyl (C=O) groups excluding carboxylic acids is 1. The van der Waals surface area contributed by atoms with Gasteiger partial charge in [-0.3, -0.25) is 9.69 Å². The van der Waals surface area contributed by atoms with E-state index < -0.39 is 21.8 Å². The fraction of sp³-hybridized carbons (Fsp3) is 0.211. The van der Waals surface area contributed by atoms with Crippen molar-refractivity contribution in [3.63, 3.8) is 0 Å². The summed E-state index contributed by atoms with van der Waals surface area (Å²) >= 11 is 0.787. The molecule has 0 saturated heterocycles. The Labute approximate surface area is 180 Å². The summed E-state index contributed by atoms with van der Waals surface area (Å²) in [6.45, 7) is 1.48. The van der Waals surface area contributed by atoms with Gasteiger partial charge in [-0.15, -0.1) is 0 Å². The molecule has 0 saturated carbocycles. The van der Waals surface area contributed by atoms with Crippen LogP contribution in [-0.2, 0) is 27.4 Å². The van der Waals surface area contributed by atoms with E-state index in [0.29, 0.717) is 11.1 Å². The minimum Gasteiger partial charge on any atom is -0.291 e. The molecular weight excluding hydrogens is 453 g/mol. The average molecular weight is 472 g/mol. The smallest absolute Gasteiger partial charge is 0.291 e. The molecule has 0 fully saturated rings. The van der Waals surface area contributed by atoms with Gasteiger partial charge in [0, 0.05) is 18.7 Å². The molecule has 3 rings (SSSR count). The van der Waals surface area contributed by atoms with Crippen molar-refractivity contribution in [2.45, 2.75) is 23.7 Å². The number of pyridine rings is 1. The molecule has 7 nitrogen and oxygen atoms in total. The van der Waals surface area contributed by atoms with Crippen LogP contribution in [0.15, 0.2) is 46.8 Å². The number of nitrogens with two attached hydrogens (primary N) is 1. The van der Waals surface area contributed by atoms with Crippen LogP contribution in [0.3, 0.4) is 0 Å². The van der Waals surface area contributed by atoms with Gasteiger partial charge in [0.25, 0.3) is 0 Å². The Morgan fingerprint density at radius 2 is 1.87 bits per heavy atom. The number of H-pyrrole nitrogens is 1. The molecule has 1 amide bonds. The molecule has 0 unspecified atom stereocenters. The van der Waals surface area contributed by atoms with Gasteiger partial charge in [0.15, 0.2) is 15.5 Å². The molecular formula is C19H18F3N4O3S2+. The van der Waals surface area contributed by atoms with Crippen molar-refractivity contribution in [1.29, 1.82) is 0 Å². The lowest BCUT2D eigenvalue weighted by Crippen LogP contribution is -2.27. The third-order valence-corrected chi connectivity index (χ3v) is 7.21. The van der Waals surface area contributed by atoms with E-state index in [9.17, 15) is 26.4 Å². The first kappa shape index (κ1) is 22.8. The van der Waals surface area contributed by atoms with Crippen LogP contribution in [0, 0.1) is 6.92 Å². The first-order valence-electron chi connectivity index (χ1n) is 8.82. The summed E-state index contributed by atoms with van der Waals surface area (Å²) in [5, 5.41) is 5.31. The first-order valence-corrected chi connectivity index (χ1v) is 11.2. The third kappa shape index (κ3) is 5.09. The Balaban J connectivity index is 1.79. The number of nitrogens with one attached hydrogen (secondary N) is 1. The number of hydrogen-bond donors (Lipinski definition) is 1. The minimum atomic E-state index is -4.51. The fourth-order valence-electron chi connectivity index (χ4n) is 2.88. The van der Waals surface area contributed by atoms with E-state index in [1.165, 1.54) is 43.3 Å². The highest BCUT2D eigenvalue weighted by Gasteiger charge is 2.37. The van der Waals surface area contributed by atoms with Crippen LogP contribution in [0.5, 0.6) is 0 Å². The van der Waals surface area contributed by atoms with E-state index >= 15 is 0 Å². The SMILES string of the molecule is Cc1nc(N(C)C(=O)Cc2ccc(-c3[nH+]cccc3C(F)(F)F)cc2)sc1S(N)(=O)=O. The number of thiazole rings is 1. The topological polar surface area (TPSA) is 108 Å². The molecule has 0 aliphatic rings. The predicted molar refractivity (Wildman–Crippen MR) is 109 cm³/mol. The van der Waals surface area contributed by atoms with Crippen molar-refractivity contribution in [2.75, 3.05) is 11.9 Å². The van der Waals surface area contributed by atoms with Gasteiger partial charge in [-0.2, -0.15) is 13.2 Å². The molecule has 164 valence electrons. The summed E-state index contributed by atoms with van der Waals surface area (Å²) in [5.41, 5.74) is 0.240. The van der Waals surface area contributed by atoms with Crippen LogP contribution in [0.25, 0.3) is 11.3 Å². The van der Waals surface area contributed by atoms with Crippen LogP contribution in [0.2, 0.25) is 0 Å². The minimum absolute atomic E-state index is 0.0508. The molecule has 2 heterocycles. The second-order valence-electron chi connectivity index (χ2n) is 6.70. The van der Waals surface area contributed by atoms with Gasteiger partial charge in [0.05, 0.1) is 12.1 Å². The maximum Gasteiger partial charge on any atom is 0.422 e. The quantitative estimate of drug-likeness (QED) is 0.617. The van der Waals surface area contributed by atoms with E-state index in [1.54, 1.807) is 12.1 Å². The van der Waals surface area contributed by atoms with Gasteiger partial charge < -0.3 is 0 Å². The van der Waals surface area contributed by atoms with Crippen LogP contribution in [0.1, 0.15) is 16.8 Å². The number of rotatable bonds is 5. The van der Waals surface area contributed by atoms with Crippen molar-refractivity contribution in [2.24, 2.45) is 5.14 Å². The molecule has 0 radical (unpaired) electrons. The number of sulfonamides is 1. The fourth-order valence-corrected chi connectivity index (χ4v) is 4.80. The molecule has 0 aliphatic carbocycles. The molecule has 0 bridgehead atoms. The molecule has 0 spiro atoms. The molecule has 2 aromatic heterocycles. The highest BCUT2D eigenvalue weighted by Crippen LogP contribution is 2.34. The largest absolute Gasteiger partial charge is 0.422 e. The van der Waals surface area contributed by atoms with Crippen molar-refractivity contribution in [1.82, 2.24) is 4.98 Å². The molecule has 0 aliphatic heterocycles. The highest BCUT2D eigenvalue weighted by atomic mass is 32.2. The third-order valence-electron chi connectivity index (χ3n) is 4.42. The van der Waals surface area contributed by atoms with E-state index in [1.807, 2.05) is 0 Å². The molecule has 12 heteroatoms. The number of hydrogen-bond acceptors (Lipinski definition) is 5. The number of aromatic amines is 1. The first-order chi connectivity index (χ1) is 14.4. The molecule has 0 atom stereocenters. The highest BCUT2D eigenvalue weighted by molar-refractivity contribution is 7.91. The van der Waals surface area contributed by atoms with Crippen LogP contribution < -0.4 is 15.0 Å². The summed E-state index contributed by atoms with van der Waals surface area (Å²) in [6, 6.07) is 8.38. The number of nitrogens with zero attached hydrogens (tertiary/aromatic N) is 2.